The van der Waals surface area contributed by atoms with Crippen molar-refractivity contribution in [1.29, 1.82) is 0 Å². The van der Waals surface area contributed by atoms with Crippen LogP contribution in [0.3, 0.4) is 0 Å². The number of likely N-dealkylation sites (tertiary alicyclic amines) is 1. The third-order valence-electron chi connectivity index (χ3n) is 4.98. The van der Waals surface area contributed by atoms with Gasteiger partial charge in [0.05, 0.1) is 18.5 Å². The van der Waals surface area contributed by atoms with Gasteiger partial charge in [-0.3, -0.25) is 4.79 Å². The van der Waals surface area contributed by atoms with Gasteiger partial charge < -0.3 is 15.3 Å². The van der Waals surface area contributed by atoms with E-state index in [1.54, 1.807) is 0 Å². The van der Waals surface area contributed by atoms with Crippen LogP contribution in [0, 0.1) is 11.3 Å². The summed E-state index contributed by atoms with van der Waals surface area (Å²) >= 11 is 0. The van der Waals surface area contributed by atoms with Crippen LogP contribution in [0.1, 0.15) is 40.0 Å². The fourth-order valence-corrected chi connectivity index (χ4v) is 3.08. The first-order valence-electron chi connectivity index (χ1n) is 7.16. The molecule has 0 aliphatic carbocycles. The quantitative estimate of drug-likeness (QED) is 0.790. The van der Waals surface area contributed by atoms with Gasteiger partial charge in [-0.2, -0.15) is 0 Å². The maximum Gasteiger partial charge on any atom is 0.229 e. The molecule has 18 heavy (non-hydrogen) atoms. The Morgan fingerprint density at radius 2 is 1.89 bits per heavy atom. The molecule has 1 amide bonds. The van der Waals surface area contributed by atoms with Crippen molar-refractivity contribution in [2.45, 2.75) is 45.6 Å². The first-order chi connectivity index (χ1) is 8.43. The molecule has 0 aromatic carbocycles. The highest BCUT2D eigenvalue weighted by Crippen LogP contribution is 2.38. The molecule has 2 N–H and O–H groups in total. The molecule has 0 saturated carbocycles. The standard InChI is InChI=1S/C14H26N2O2/c1-4-13(5-7-15-8-6-13)12(17)16-9-14(18,10-16)11(2)3/h11,15,18H,4-10H2,1-3H3. The van der Waals surface area contributed by atoms with Crippen LogP contribution in [0.25, 0.3) is 0 Å². The minimum absolute atomic E-state index is 0.177. The second kappa shape index (κ2) is 4.82. The zero-order valence-electron chi connectivity index (χ0n) is 11.8. The van der Waals surface area contributed by atoms with Crippen molar-refractivity contribution in [1.82, 2.24) is 10.2 Å². The topological polar surface area (TPSA) is 52.6 Å². The van der Waals surface area contributed by atoms with Crippen LogP contribution >= 0.6 is 0 Å². The van der Waals surface area contributed by atoms with Gasteiger partial charge in [-0.1, -0.05) is 20.8 Å². The third kappa shape index (κ3) is 2.16. The molecule has 4 heteroatoms. The molecule has 0 radical (unpaired) electrons. The van der Waals surface area contributed by atoms with Crippen LogP contribution in [0.4, 0.5) is 0 Å². The highest BCUT2D eigenvalue weighted by atomic mass is 16.3. The fraction of sp³-hybridized carbons (Fsp3) is 0.929. The van der Waals surface area contributed by atoms with Crippen LogP contribution in [0.2, 0.25) is 0 Å². The maximum atomic E-state index is 12.6. The summed E-state index contributed by atoms with van der Waals surface area (Å²) < 4.78 is 0. The number of hydrogen-bond acceptors (Lipinski definition) is 3. The summed E-state index contributed by atoms with van der Waals surface area (Å²) in [7, 11) is 0. The number of nitrogens with one attached hydrogen (secondary N) is 1. The van der Waals surface area contributed by atoms with E-state index in [1.165, 1.54) is 0 Å². The molecule has 0 unspecified atom stereocenters. The summed E-state index contributed by atoms with van der Waals surface area (Å²) in [6.45, 7) is 9.03. The van der Waals surface area contributed by atoms with Crippen molar-refractivity contribution < 1.29 is 9.90 Å². The molecule has 0 bridgehead atoms. The summed E-state index contributed by atoms with van der Waals surface area (Å²) in [5.74, 6) is 0.476. The van der Waals surface area contributed by atoms with Crippen LogP contribution in [0.5, 0.6) is 0 Å². The van der Waals surface area contributed by atoms with Crippen molar-refractivity contribution in [3.63, 3.8) is 0 Å². The Labute approximate surface area is 110 Å². The van der Waals surface area contributed by atoms with Gasteiger partial charge in [-0.05, 0) is 38.3 Å². The van der Waals surface area contributed by atoms with Gasteiger partial charge in [-0.15, -0.1) is 0 Å². The van der Waals surface area contributed by atoms with Gasteiger partial charge >= 0.3 is 0 Å². The van der Waals surface area contributed by atoms with Gasteiger partial charge in [0.2, 0.25) is 5.91 Å². The van der Waals surface area contributed by atoms with Crippen LogP contribution < -0.4 is 5.32 Å². The summed E-state index contributed by atoms with van der Waals surface area (Å²) in [4.78, 5) is 14.5. The van der Waals surface area contributed by atoms with E-state index in [0.717, 1.165) is 32.4 Å². The molecule has 2 heterocycles. The molecule has 2 fully saturated rings. The van der Waals surface area contributed by atoms with E-state index in [-0.39, 0.29) is 17.2 Å². The van der Waals surface area contributed by atoms with E-state index in [9.17, 15) is 9.90 Å². The van der Waals surface area contributed by atoms with Crippen molar-refractivity contribution in [3.8, 4) is 0 Å². The molecule has 2 aliphatic rings. The number of piperidine rings is 1. The van der Waals surface area contributed by atoms with Gasteiger partial charge in [0, 0.05) is 0 Å². The smallest absolute Gasteiger partial charge is 0.229 e. The number of carbonyl (C=O) groups is 1. The van der Waals surface area contributed by atoms with Crippen molar-refractivity contribution >= 4 is 5.91 Å². The van der Waals surface area contributed by atoms with Gasteiger partial charge in [0.1, 0.15) is 5.60 Å². The Hall–Kier alpha value is -0.610. The number of β-amino-alcohol motifs (C(OH)–C–C–N with tert-alkyl or cyclic N) is 1. The van der Waals surface area contributed by atoms with Crippen LogP contribution in [-0.2, 0) is 4.79 Å². The van der Waals surface area contributed by atoms with E-state index in [4.69, 9.17) is 0 Å². The molecule has 0 spiro atoms. The monoisotopic (exact) mass is 254 g/mol. The second-order valence-electron chi connectivity index (χ2n) is 6.30. The molecule has 2 saturated heterocycles. The first kappa shape index (κ1) is 13.8. The summed E-state index contributed by atoms with van der Waals surface area (Å²) in [5, 5.41) is 13.6. The Bertz CT molecular complexity index is 316. The number of aliphatic hydroxyl groups is 1. The lowest BCUT2D eigenvalue weighted by Gasteiger charge is -2.52. The Morgan fingerprint density at radius 1 is 1.33 bits per heavy atom. The summed E-state index contributed by atoms with van der Waals surface area (Å²) in [5.41, 5.74) is -0.832. The fourth-order valence-electron chi connectivity index (χ4n) is 3.08. The summed E-state index contributed by atoms with van der Waals surface area (Å²) in [6.07, 6.45) is 2.77. The highest BCUT2D eigenvalue weighted by molar-refractivity contribution is 5.84. The molecule has 4 nitrogen and oxygen atoms in total. The average Bonchev–Trinajstić information content (AvgIpc) is 2.34. The van der Waals surface area contributed by atoms with Crippen molar-refractivity contribution in [2.24, 2.45) is 11.3 Å². The third-order valence-corrected chi connectivity index (χ3v) is 4.98. The number of carbonyl (C=O) groups excluding carboxylic acids is 1. The minimum Gasteiger partial charge on any atom is -0.386 e. The van der Waals surface area contributed by atoms with E-state index in [1.807, 2.05) is 18.7 Å². The van der Waals surface area contributed by atoms with Gasteiger partial charge in [0.15, 0.2) is 0 Å². The lowest BCUT2D eigenvalue weighted by atomic mass is 9.73. The Morgan fingerprint density at radius 3 is 2.33 bits per heavy atom. The van der Waals surface area contributed by atoms with Crippen LogP contribution in [-0.4, -0.2) is 47.7 Å². The van der Waals surface area contributed by atoms with Crippen molar-refractivity contribution in [3.05, 3.63) is 0 Å². The largest absolute Gasteiger partial charge is 0.386 e. The Balaban J connectivity index is 2.00. The molecule has 2 aliphatic heterocycles. The minimum atomic E-state index is -0.655. The van der Waals surface area contributed by atoms with Crippen LogP contribution in [0.15, 0.2) is 0 Å². The predicted octanol–water partition coefficient (Wildman–Crippen LogP) is 0.995. The SMILES string of the molecule is CCC1(C(=O)N2CC(O)(C(C)C)C2)CCNCC1. The van der Waals surface area contributed by atoms with E-state index >= 15 is 0 Å². The molecule has 2 rings (SSSR count). The summed E-state index contributed by atoms with van der Waals surface area (Å²) in [6, 6.07) is 0. The number of hydrogen-bond donors (Lipinski definition) is 2. The number of rotatable bonds is 3. The van der Waals surface area contributed by atoms with E-state index in [0.29, 0.717) is 13.1 Å². The molecule has 0 aromatic heterocycles. The molecule has 0 aromatic rings. The predicted molar refractivity (Wildman–Crippen MR) is 71.2 cm³/mol. The molecule has 104 valence electrons. The lowest BCUT2D eigenvalue weighted by molar-refractivity contribution is -0.175. The van der Waals surface area contributed by atoms with Crippen molar-refractivity contribution in [2.75, 3.05) is 26.2 Å². The van der Waals surface area contributed by atoms with E-state index in [2.05, 4.69) is 12.2 Å². The highest BCUT2D eigenvalue weighted by Gasteiger charge is 2.50. The molecular formula is C14H26N2O2. The zero-order chi connectivity index (χ0) is 13.4. The van der Waals surface area contributed by atoms with Gasteiger partial charge in [0.25, 0.3) is 0 Å². The maximum absolute atomic E-state index is 12.6. The average molecular weight is 254 g/mol. The normalized spacial score (nSPS) is 25.9. The molecular weight excluding hydrogens is 228 g/mol. The second-order valence-corrected chi connectivity index (χ2v) is 6.30. The molecule has 0 atom stereocenters. The Kier molecular flexibility index (Phi) is 3.70. The number of amides is 1. The lowest BCUT2D eigenvalue weighted by Crippen LogP contribution is -2.68. The van der Waals surface area contributed by atoms with Gasteiger partial charge in [-0.25, -0.2) is 0 Å². The zero-order valence-corrected chi connectivity index (χ0v) is 11.8. The first-order valence-corrected chi connectivity index (χ1v) is 7.16. The van der Waals surface area contributed by atoms with E-state index < -0.39 is 5.60 Å². The number of nitrogens with zero attached hydrogens (tertiary/aromatic N) is 1.